The summed E-state index contributed by atoms with van der Waals surface area (Å²) in [5.74, 6) is 0.275. The Morgan fingerprint density at radius 2 is 2.00 bits per heavy atom. The molecule has 0 aromatic heterocycles. The SMILES string of the molecule is CCCCCC(C)(C)CN1C(=O)CNC1CCC. The molecular formula is C15H30N2O. The van der Waals surface area contributed by atoms with E-state index in [1.54, 1.807) is 0 Å². The smallest absolute Gasteiger partial charge is 0.237 e. The molecule has 1 atom stereocenters. The molecular weight excluding hydrogens is 224 g/mol. The molecule has 0 aromatic carbocycles. The number of carbonyl (C=O) groups is 1. The molecule has 1 aliphatic heterocycles. The molecule has 1 fully saturated rings. The first-order valence-electron chi connectivity index (χ1n) is 7.53. The van der Waals surface area contributed by atoms with Gasteiger partial charge in [0.25, 0.3) is 0 Å². The van der Waals surface area contributed by atoms with Crippen molar-refractivity contribution >= 4 is 5.91 Å². The Bertz CT molecular complexity index is 263. The predicted octanol–water partition coefficient (Wildman–Crippen LogP) is 3.15. The van der Waals surface area contributed by atoms with Crippen LogP contribution in [0.4, 0.5) is 0 Å². The predicted molar refractivity (Wildman–Crippen MR) is 76.3 cm³/mol. The molecule has 1 saturated heterocycles. The van der Waals surface area contributed by atoms with Gasteiger partial charge in [-0.3, -0.25) is 10.1 Å². The highest BCUT2D eigenvalue weighted by Gasteiger charge is 2.33. The number of hydrogen-bond donors (Lipinski definition) is 1. The highest BCUT2D eigenvalue weighted by Crippen LogP contribution is 2.27. The van der Waals surface area contributed by atoms with Crippen LogP contribution in [0.2, 0.25) is 0 Å². The summed E-state index contributed by atoms with van der Waals surface area (Å²) in [5.41, 5.74) is 0.239. The van der Waals surface area contributed by atoms with E-state index in [1.807, 2.05) is 0 Å². The van der Waals surface area contributed by atoms with Crippen LogP contribution in [0, 0.1) is 5.41 Å². The third-order valence-corrected chi connectivity index (χ3v) is 3.80. The molecule has 1 unspecified atom stereocenters. The van der Waals surface area contributed by atoms with Crippen LogP contribution in [-0.2, 0) is 4.79 Å². The van der Waals surface area contributed by atoms with Gasteiger partial charge in [-0.25, -0.2) is 0 Å². The van der Waals surface area contributed by atoms with Crippen molar-refractivity contribution in [3.8, 4) is 0 Å². The average Bonchev–Trinajstić information content (AvgIpc) is 2.62. The topological polar surface area (TPSA) is 32.3 Å². The maximum absolute atomic E-state index is 11.9. The van der Waals surface area contributed by atoms with Crippen molar-refractivity contribution < 1.29 is 4.79 Å². The fraction of sp³-hybridized carbons (Fsp3) is 0.933. The lowest BCUT2D eigenvalue weighted by Crippen LogP contribution is -2.43. The largest absolute Gasteiger partial charge is 0.326 e. The Labute approximate surface area is 112 Å². The van der Waals surface area contributed by atoms with E-state index in [0.29, 0.717) is 6.54 Å². The van der Waals surface area contributed by atoms with Crippen molar-refractivity contribution in [1.29, 1.82) is 0 Å². The van der Waals surface area contributed by atoms with Gasteiger partial charge in [-0.1, -0.05) is 53.4 Å². The monoisotopic (exact) mass is 254 g/mol. The lowest BCUT2D eigenvalue weighted by molar-refractivity contribution is -0.129. The lowest BCUT2D eigenvalue weighted by Gasteiger charge is -2.33. The molecule has 1 amide bonds. The van der Waals surface area contributed by atoms with Gasteiger partial charge in [-0.05, 0) is 18.3 Å². The van der Waals surface area contributed by atoms with Crippen molar-refractivity contribution in [2.75, 3.05) is 13.1 Å². The van der Waals surface area contributed by atoms with Gasteiger partial charge in [0.2, 0.25) is 5.91 Å². The summed E-state index contributed by atoms with van der Waals surface area (Å²) in [5, 5.41) is 3.32. The minimum Gasteiger partial charge on any atom is -0.326 e. The van der Waals surface area contributed by atoms with Crippen LogP contribution in [0.1, 0.15) is 66.2 Å². The molecule has 1 aliphatic rings. The van der Waals surface area contributed by atoms with Crippen molar-refractivity contribution in [1.82, 2.24) is 10.2 Å². The van der Waals surface area contributed by atoms with Crippen molar-refractivity contribution in [2.24, 2.45) is 5.41 Å². The molecule has 1 heterocycles. The second kappa shape index (κ2) is 7.13. The van der Waals surface area contributed by atoms with Gasteiger partial charge in [0, 0.05) is 6.54 Å². The number of nitrogens with one attached hydrogen (secondary N) is 1. The summed E-state index contributed by atoms with van der Waals surface area (Å²) in [7, 11) is 0. The normalized spacial score (nSPS) is 20.8. The van der Waals surface area contributed by atoms with Gasteiger partial charge < -0.3 is 4.90 Å². The Balaban J connectivity index is 2.49. The summed E-state index contributed by atoms with van der Waals surface area (Å²) in [6, 6.07) is 0. The van der Waals surface area contributed by atoms with Crippen LogP contribution < -0.4 is 5.32 Å². The Hall–Kier alpha value is -0.570. The molecule has 1 N–H and O–H groups in total. The number of unbranched alkanes of at least 4 members (excludes halogenated alkanes) is 2. The van der Waals surface area contributed by atoms with Crippen molar-refractivity contribution in [3.05, 3.63) is 0 Å². The van der Waals surface area contributed by atoms with Crippen LogP contribution in [0.3, 0.4) is 0 Å². The number of amides is 1. The van der Waals surface area contributed by atoms with E-state index in [4.69, 9.17) is 0 Å². The van der Waals surface area contributed by atoms with E-state index in [1.165, 1.54) is 25.7 Å². The van der Waals surface area contributed by atoms with Crippen molar-refractivity contribution in [2.45, 2.75) is 72.4 Å². The quantitative estimate of drug-likeness (QED) is 0.675. The minimum atomic E-state index is 0.239. The molecule has 18 heavy (non-hydrogen) atoms. The molecule has 0 radical (unpaired) electrons. The van der Waals surface area contributed by atoms with Gasteiger partial charge in [-0.2, -0.15) is 0 Å². The van der Waals surface area contributed by atoms with Crippen LogP contribution in [0.5, 0.6) is 0 Å². The van der Waals surface area contributed by atoms with Crippen LogP contribution in [0.25, 0.3) is 0 Å². The zero-order valence-electron chi connectivity index (χ0n) is 12.6. The molecule has 0 aromatic rings. The van der Waals surface area contributed by atoms with Gasteiger partial charge in [0.15, 0.2) is 0 Å². The Kier molecular flexibility index (Phi) is 6.13. The standard InChI is InChI=1S/C15H30N2O/c1-5-7-8-10-15(3,4)12-17-13(9-6-2)16-11-14(17)18/h13,16H,5-12H2,1-4H3. The highest BCUT2D eigenvalue weighted by atomic mass is 16.2. The third-order valence-electron chi connectivity index (χ3n) is 3.80. The maximum Gasteiger partial charge on any atom is 0.237 e. The summed E-state index contributed by atoms with van der Waals surface area (Å²) < 4.78 is 0. The molecule has 106 valence electrons. The molecule has 3 heteroatoms. The zero-order chi connectivity index (χ0) is 13.6. The summed E-state index contributed by atoms with van der Waals surface area (Å²) in [6.07, 6.45) is 7.51. The summed E-state index contributed by atoms with van der Waals surface area (Å²) in [4.78, 5) is 14.0. The number of nitrogens with zero attached hydrogens (tertiary/aromatic N) is 1. The summed E-state index contributed by atoms with van der Waals surface area (Å²) >= 11 is 0. The Morgan fingerprint density at radius 3 is 2.61 bits per heavy atom. The Morgan fingerprint density at radius 1 is 1.28 bits per heavy atom. The molecule has 0 saturated carbocycles. The maximum atomic E-state index is 11.9. The van der Waals surface area contributed by atoms with E-state index in [2.05, 4.69) is 37.9 Å². The van der Waals surface area contributed by atoms with E-state index in [0.717, 1.165) is 19.4 Å². The van der Waals surface area contributed by atoms with Gasteiger partial charge in [0.05, 0.1) is 12.7 Å². The van der Waals surface area contributed by atoms with Crippen LogP contribution >= 0.6 is 0 Å². The number of carbonyl (C=O) groups excluding carboxylic acids is 1. The van der Waals surface area contributed by atoms with Gasteiger partial charge in [0.1, 0.15) is 0 Å². The molecule has 0 spiro atoms. The van der Waals surface area contributed by atoms with E-state index < -0.39 is 0 Å². The van der Waals surface area contributed by atoms with Gasteiger partial charge in [-0.15, -0.1) is 0 Å². The first kappa shape index (κ1) is 15.5. The second-order valence-corrected chi connectivity index (χ2v) is 6.33. The van der Waals surface area contributed by atoms with E-state index >= 15 is 0 Å². The summed E-state index contributed by atoms with van der Waals surface area (Å²) in [6.45, 7) is 10.4. The first-order chi connectivity index (χ1) is 8.50. The van der Waals surface area contributed by atoms with E-state index in [9.17, 15) is 4.79 Å². The fourth-order valence-electron chi connectivity index (χ4n) is 2.71. The molecule has 3 nitrogen and oxygen atoms in total. The average molecular weight is 254 g/mol. The number of hydrogen-bond acceptors (Lipinski definition) is 2. The van der Waals surface area contributed by atoms with Crippen LogP contribution in [0.15, 0.2) is 0 Å². The van der Waals surface area contributed by atoms with Crippen LogP contribution in [-0.4, -0.2) is 30.1 Å². The second-order valence-electron chi connectivity index (χ2n) is 6.33. The third kappa shape index (κ3) is 4.60. The minimum absolute atomic E-state index is 0.239. The van der Waals surface area contributed by atoms with E-state index in [-0.39, 0.29) is 17.5 Å². The number of rotatable bonds is 8. The fourth-order valence-corrected chi connectivity index (χ4v) is 2.71. The lowest BCUT2D eigenvalue weighted by atomic mass is 9.86. The molecule has 0 aliphatic carbocycles. The molecule has 0 bridgehead atoms. The van der Waals surface area contributed by atoms with Gasteiger partial charge >= 0.3 is 0 Å². The first-order valence-corrected chi connectivity index (χ1v) is 7.53. The molecule has 1 rings (SSSR count). The van der Waals surface area contributed by atoms with Crippen molar-refractivity contribution in [3.63, 3.8) is 0 Å². The highest BCUT2D eigenvalue weighted by molar-refractivity contribution is 5.80. The zero-order valence-corrected chi connectivity index (χ0v) is 12.6.